The first-order chi connectivity index (χ1) is 44.9. The van der Waals surface area contributed by atoms with Crippen molar-refractivity contribution in [2.75, 3.05) is 24.5 Å². The molecule has 0 saturated carbocycles. The molecule has 16 rings (SSSR count). The van der Waals surface area contributed by atoms with Gasteiger partial charge in [0.05, 0.1) is 0 Å². The Kier molecular flexibility index (Phi) is 14.0. The number of ether oxygens (including phenoxy) is 1. The van der Waals surface area contributed by atoms with Crippen LogP contribution in [0.25, 0.3) is 0 Å². The van der Waals surface area contributed by atoms with E-state index >= 15 is 0 Å². The molecule has 0 unspecified atom stereocenters. The van der Waals surface area contributed by atoms with Crippen LogP contribution in [0.15, 0.2) is 231 Å². The fraction of sp³-hybridized carbons (Fsp3) is 0.100. The number of nitrogens with zero attached hydrogens (tertiary/aromatic N) is 5. The molecular formula is C80H62Cl4N5O3Sb. The maximum atomic E-state index is 8.49. The Morgan fingerprint density at radius 1 is 0.269 bits per heavy atom. The van der Waals surface area contributed by atoms with Gasteiger partial charge in [0, 0.05) is 0 Å². The maximum absolute atomic E-state index is 8.49. The van der Waals surface area contributed by atoms with Gasteiger partial charge in [0.1, 0.15) is 0 Å². The molecule has 0 fully saturated rings. The Labute approximate surface area is 564 Å². The summed E-state index contributed by atoms with van der Waals surface area (Å²) in [5.41, 5.74) is 22.2. The van der Waals surface area contributed by atoms with Crippen molar-refractivity contribution in [3.63, 3.8) is 0 Å². The first kappa shape index (κ1) is 59.1. The van der Waals surface area contributed by atoms with Crippen molar-refractivity contribution >= 4 is 160 Å². The second-order valence-electron chi connectivity index (χ2n) is 25.0. The van der Waals surface area contributed by atoms with Gasteiger partial charge in [-0.05, 0) is 0 Å². The van der Waals surface area contributed by atoms with Crippen LogP contribution in [0, 0.1) is 55.4 Å². The summed E-state index contributed by atoms with van der Waals surface area (Å²) in [4.78, 5) is 11.7. The van der Waals surface area contributed by atoms with Crippen LogP contribution in [0.1, 0.15) is 44.5 Å². The summed E-state index contributed by atoms with van der Waals surface area (Å²) in [6.45, 7) is 16.9. The molecule has 0 atom stereocenters. The number of fused-ring (bicyclic) bond motifs is 1. The van der Waals surface area contributed by atoms with Crippen LogP contribution in [0.5, 0.6) is 23.0 Å². The van der Waals surface area contributed by atoms with E-state index in [4.69, 9.17) is 57.2 Å². The summed E-state index contributed by atoms with van der Waals surface area (Å²) in [7, 11) is 0. The molecule has 12 aromatic rings. The topological polar surface area (TPSA) is 43.9 Å². The van der Waals surface area contributed by atoms with Crippen LogP contribution in [0.3, 0.4) is 0 Å². The third-order valence-electron chi connectivity index (χ3n) is 18.4. The second-order valence-corrected chi connectivity index (χ2v) is 36.8. The summed E-state index contributed by atoms with van der Waals surface area (Å²) < 4.78 is 27.3. The normalized spacial score (nSPS) is 14.3. The molecule has 1 spiro atoms. The SMILES string of the molecule is Cc1ccc(N(c2ccc(C)cc2)c2cc3[c]4c(c2)N(c2ccc(C)cc2)c2cc(N(c5ccc(C)cc5)c5ccc(C)cc5)cc5[c]2[Sb]42([O]c4c(Cl)c(Cl)c(Cl)c(Cl)c4[O]2)[c]2c(cc(N(c4ccc(C)cc4)c4ccc(C)cc4)cc2N5c2ccc(C)cc2)O3)cc1. The van der Waals surface area contributed by atoms with Crippen LogP contribution in [0.2, 0.25) is 20.1 Å². The summed E-state index contributed by atoms with van der Waals surface area (Å²) in [6, 6.07) is 83.0. The van der Waals surface area contributed by atoms with E-state index in [1.807, 2.05) is 0 Å². The molecule has 0 aromatic heterocycles. The molecule has 4 aliphatic rings. The third-order valence-corrected chi connectivity index (χ3v) is 34.0. The van der Waals surface area contributed by atoms with E-state index in [-0.39, 0.29) is 31.6 Å². The summed E-state index contributed by atoms with van der Waals surface area (Å²) in [6.07, 6.45) is 0. The van der Waals surface area contributed by atoms with Gasteiger partial charge in [0.25, 0.3) is 0 Å². The quantitative estimate of drug-likeness (QED) is 0.0721. The Balaban J connectivity index is 1.13. The average Bonchev–Trinajstić information content (AvgIpc) is 1.62. The molecule has 13 heteroatoms. The molecule has 93 heavy (non-hydrogen) atoms. The van der Waals surface area contributed by atoms with Crippen LogP contribution in [-0.4, -0.2) is 18.2 Å². The third kappa shape index (κ3) is 9.23. The van der Waals surface area contributed by atoms with E-state index in [1.54, 1.807) is 0 Å². The van der Waals surface area contributed by atoms with Crippen molar-refractivity contribution in [2.45, 2.75) is 55.4 Å². The van der Waals surface area contributed by atoms with E-state index in [2.05, 4.69) is 310 Å². The van der Waals surface area contributed by atoms with Crippen molar-refractivity contribution in [1.82, 2.24) is 0 Å². The molecule has 8 nitrogen and oxygen atoms in total. The van der Waals surface area contributed by atoms with E-state index in [9.17, 15) is 0 Å². The number of anilines is 15. The molecule has 12 aromatic carbocycles. The molecule has 0 radical (unpaired) electrons. The summed E-state index contributed by atoms with van der Waals surface area (Å²) >= 11 is 23.0. The molecule has 0 bridgehead atoms. The molecule has 4 aliphatic heterocycles. The van der Waals surface area contributed by atoms with Crippen molar-refractivity contribution < 1.29 is 10.8 Å². The standard InChI is InChI=1S/C74H62N5O.C6H2Cl4O2.Sb/c1-50-9-25-58(26-10-50)75(59-27-11-51(2)12-28-59)66-41-67-43-68(42-66)79(65-39-23-57(8)24-40-65)72-45-70(77(62-33-17-54(5)18-34-62)63-35-19-55(6)20-36-63)47-74(49-72)80-73-46-69(44-71(48-73)78(67)64-37-21-56(7)22-38-64)76(60-29-13-52(3)14-30-60)61-31-15-53(4)16-32-61;7-1-2(8)4(10)6(12)5(11)3(1)9;/h9-42,44-47H,1-8H3;11-12H;/q;;+2/p-2. The van der Waals surface area contributed by atoms with Crippen molar-refractivity contribution in [1.29, 1.82) is 0 Å². The Bertz CT molecular complexity index is 4630. The van der Waals surface area contributed by atoms with Gasteiger partial charge in [-0.3, -0.25) is 0 Å². The van der Waals surface area contributed by atoms with Crippen LogP contribution >= 0.6 is 46.4 Å². The van der Waals surface area contributed by atoms with Gasteiger partial charge in [-0.25, -0.2) is 0 Å². The number of benzene rings is 12. The van der Waals surface area contributed by atoms with Crippen molar-refractivity contribution in [3.05, 3.63) is 295 Å². The summed E-state index contributed by atoms with van der Waals surface area (Å²) in [5, 5.41) is 0.284. The van der Waals surface area contributed by atoms with E-state index in [0.29, 0.717) is 11.5 Å². The van der Waals surface area contributed by atoms with Crippen LogP contribution < -0.4 is 45.8 Å². The van der Waals surface area contributed by atoms with E-state index in [1.165, 1.54) is 0 Å². The van der Waals surface area contributed by atoms with Gasteiger partial charge in [0.15, 0.2) is 0 Å². The molecule has 0 saturated heterocycles. The predicted octanol–water partition coefficient (Wildman–Crippen LogP) is 22.7. The number of rotatable bonds is 11. The van der Waals surface area contributed by atoms with Gasteiger partial charge >= 0.3 is 569 Å². The van der Waals surface area contributed by atoms with Gasteiger partial charge in [-0.1, -0.05) is 0 Å². The Morgan fingerprint density at radius 3 is 0.753 bits per heavy atom. The minimum atomic E-state index is -6.81. The monoisotopic (exact) mass is 1400 g/mol. The van der Waals surface area contributed by atoms with Gasteiger partial charge in [-0.2, -0.15) is 0 Å². The molecule has 4 heterocycles. The van der Waals surface area contributed by atoms with Gasteiger partial charge in [-0.15, -0.1) is 0 Å². The minimum absolute atomic E-state index is 0.0550. The van der Waals surface area contributed by atoms with E-state index < -0.39 is 18.2 Å². The molecular weight excluding hydrogens is 1340 g/mol. The molecule has 0 amide bonds. The van der Waals surface area contributed by atoms with Gasteiger partial charge < -0.3 is 0 Å². The molecule has 0 aliphatic carbocycles. The molecule has 458 valence electrons. The predicted molar refractivity (Wildman–Crippen MR) is 390 cm³/mol. The number of aryl methyl sites for hydroxylation is 8. The number of hydrogen-bond donors (Lipinski definition) is 0. The first-order valence-electron chi connectivity index (χ1n) is 31.0. The fourth-order valence-electron chi connectivity index (χ4n) is 13.8. The van der Waals surface area contributed by atoms with Crippen LogP contribution in [0.4, 0.5) is 85.3 Å². The summed E-state index contributed by atoms with van der Waals surface area (Å²) in [5.74, 6) is 1.47. The first-order valence-corrected chi connectivity index (χ1v) is 38.4. The Hall–Kier alpha value is -8.98. The number of halogens is 4. The molecule has 0 N–H and O–H groups in total. The second kappa shape index (κ2) is 22.1. The van der Waals surface area contributed by atoms with Crippen molar-refractivity contribution in [2.24, 2.45) is 0 Å². The van der Waals surface area contributed by atoms with E-state index in [0.717, 1.165) is 140 Å². The zero-order chi connectivity index (χ0) is 64.0. The fourth-order valence-corrected chi connectivity index (χ4v) is 31.1. The average molecular weight is 1400 g/mol. The van der Waals surface area contributed by atoms with Crippen molar-refractivity contribution in [3.8, 4) is 23.0 Å². The van der Waals surface area contributed by atoms with Crippen LogP contribution in [-0.2, 0) is 0 Å². The van der Waals surface area contributed by atoms with Gasteiger partial charge in [0.2, 0.25) is 0 Å². The number of hydrogen-bond acceptors (Lipinski definition) is 8. The Morgan fingerprint density at radius 2 is 0.495 bits per heavy atom. The zero-order valence-corrected chi connectivity index (χ0v) is 57.9. The zero-order valence-electron chi connectivity index (χ0n) is 52.4.